The van der Waals surface area contributed by atoms with Crippen molar-refractivity contribution in [3.8, 4) is 0 Å². The third-order valence-corrected chi connectivity index (χ3v) is 1.70. The zero-order chi connectivity index (χ0) is 13.8. The van der Waals surface area contributed by atoms with Crippen molar-refractivity contribution >= 4 is 19.9 Å². The normalized spacial score (nSPS) is 8.94. The third kappa shape index (κ3) is 127. The highest BCUT2D eigenvalue weighted by molar-refractivity contribution is 7.51. The molecule has 0 aliphatic rings. The van der Waals surface area contributed by atoms with Crippen LogP contribution in [0.1, 0.15) is 19.8 Å². The average Bonchev–Trinajstić information content (AvgIpc) is 1.97. The molecule has 0 atom stereocenters. The molecule has 0 aromatic rings. The number of carboxylic acid groups (broad SMARTS) is 4. The van der Waals surface area contributed by atoms with Crippen LogP contribution in [0.15, 0.2) is 0 Å². The van der Waals surface area contributed by atoms with Gasteiger partial charge in [0.25, 0.3) is 0 Å². The van der Waals surface area contributed by atoms with E-state index in [4.69, 9.17) is 39.8 Å². The van der Waals surface area contributed by atoms with Crippen molar-refractivity contribution < 1.29 is 44.4 Å². The van der Waals surface area contributed by atoms with Gasteiger partial charge in [0, 0.05) is 6.16 Å². The first-order valence-electron chi connectivity index (χ1n) is 3.91. The summed E-state index contributed by atoms with van der Waals surface area (Å²) >= 11 is 0. The predicted molar refractivity (Wildman–Crippen MR) is 53.1 cm³/mol. The Labute approximate surface area is 91.1 Å². The molecule has 0 spiro atoms. The monoisotopic (exact) mass is 262 g/mol. The Morgan fingerprint density at radius 1 is 1.00 bits per heavy atom. The van der Waals surface area contributed by atoms with Gasteiger partial charge < -0.3 is 30.2 Å². The van der Waals surface area contributed by atoms with Crippen LogP contribution >= 0.6 is 7.60 Å². The largest absolute Gasteiger partial charge is 0.503 e. The van der Waals surface area contributed by atoms with Gasteiger partial charge in [-0.1, -0.05) is 13.3 Å². The van der Waals surface area contributed by atoms with E-state index in [9.17, 15) is 4.57 Å². The molecule has 0 aromatic carbocycles. The van der Waals surface area contributed by atoms with Crippen LogP contribution in [0.25, 0.3) is 0 Å². The fraction of sp³-hybridized carbons (Fsp3) is 0.667. The maximum absolute atomic E-state index is 10.1. The van der Waals surface area contributed by atoms with Crippen molar-refractivity contribution in [2.24, 2.45) is 0 Å². The lowest BCUT2D eigenvalue weighted by Crippen LogP contribution is -1.84. The molecule has 0 amide bonds. The minimum Gasteiger partial charge on any atom is -0.450 e. The second kappa shape index (κ2) is 11.8. The first-order valence-corrected chi connectivity index (χ1v) is 5.71. The van der Waals surface area contributed by atoms with Crippen LogP contribution in [0, 0.1) is 0 Å². The van der Waals surface area contributed by atoms with E-state index in [1.165, 1.54) is 0 Å². The van der Waals surface area contributed by atoms with Crippen LogP contribution < -0.4 is 0 Å². The maximum atomic E-state index is 10.1. The molecule has 0 fully saturated rings. The molecule has 0 heterocycles. The van der Waals surface area contributed by atoms with Gasteiger partial charge in [-0.2, -0.15) is 0 Å². The van der Waals surface area contributed by atoms with Gasteiger partial charge in [0.05, 0.1) is 0 Å². The summed E-state index contributed by atoms with van der Waals surface area (Å²) in [5.74, 6) is 0. The van der Waals surface area contributed by atoms with E-state index in [1.54, 1.807) is 0 Å². The molecule has 0 saturated heterocycles. The molecule has 0 radical (unpaired) electrons. The number of rotatable bonds is 3. The van der Waals surface area contributed by atoms with Crippen LogP contribution in [-0.4, -0.2) is 48.7 Å². The molecule has 10 heteroatoms. The van der Waals surface area contributed by atoms with Crippen molar-refractivity contribution in [3.05, 3.63) is 0 Å². The van der Waals surface area contributed by atoms with Crippen molar-refractivity contribution in [1.82, 2.24) is 0 Å². The molecule has 6 N–H and O–H groups in total. The highest BCUT2D eigenvalue weighted by Crippen LogP contribution is 2.34. The van der Waals surface area contributed by atoms with Gasteiger partial charge in [-0.05, 0) is 6.42 Å². The molecule has 98 valence electrons. The van der Waals surface area contributed by atoms with E-state index in [0.29, 0.717) is 6.42 Å². The molecule has 0 rings (SSSR count). The van der Waals surface area contributed by atoms with Crippen molar-refractivity contribution in [3.63, 3.8) is 0 Å². The molecular weight excluding hydrogens is 247 g/mol. The zero-order valence-electron chi connectivity index (χ0n) is 8.48. The summed E-state index contributed by atoms with van der Waals surface area (Å²) in [6.45, 7) is 1.90. The molecule has 9 nitrogen and oxygen atoms in total. The Morgan fingerprint density at radius 2 is 1.25 bits per heavy atom. The predicted octanol–water partition coefficient (Wildman–Crippen LogP) is 1.41. The fourth-order valence-corrected chi connectivity index (χ4v) is 1.09. The summed E-state index contributed by atoms with van der Waals surface area (Å²) < 4.78 is 10.1. The Hall–Kier alpha value is -1.31. The molecule has 0 aromatic heterocycles. The van der Waals surface area contributed by atoms with Gasteiger partial charge in [-0.25, -0.2) is 9.59 Å². The molecular formula is C6H15O9P. The van der Waals surface area contributed by atoms with Gasteiger partial charge in [-0.15, -0.1) is 0 Å². The molecule has 0 aliphatic carbocycles. The third-order valence-electron chi connectivity index (χ3n) is 0.803. The Morgan fingerprint density at radius 3 is 1.31 bits per heavy atom. The standard InChI is InChI=1S/C4H11O3P.2CH2O3/c1-2-3-4-8(5,6)7;2*2-1(3)4/h2-4H2,1H3,(H2,5,6,7);2*(H2,2,3,4). The zero-order valence-corrected chi connectivity index (χ0v) is 9.37. The Bertz CT molecular complexity index is 212. The Balaban J connectivity index is -0.000000179. The lowest BCUT2D eigenvalue weighted by molar-refractivity contribution is 0.135. The highest BCUT2D eigenvalue weighted by atomic mass is 31.2. The summed E-state index contributed by atoms with van der Waals surface area (Å²) in [5, 5.41) is 27.9. The van der Waals surface area contributed by atoms with Gasteiger partial charge in [0.15, 0.2) is 0 Å². The van der Waals surface area contributed by atoms with Gasteiger partial charge in [0.1, 0.15) is 0 Å². The number of carbonyl (C=O) groups is 2. The molecule has 0 unspecified atom stereocenters. The van der Waals surface area contributed by atoms with Crippen LogP contribution in [0.5, 0.6) is 0 Å². The van der Waals surface area contributed by atoms with Crippen LogP contribution in [0.4, 0.5) is 9.59 Å². The smallest absolute Gasteiger partial charge is 0.450 e. The van der Waals surface area contributed by atoms with E-state index < -0.39 is 19.9 Å². The molecule has 0 bridgehead atoms. The summed E-state index contributed by atoms with van der Waals surface area (Å²) in [4.78, 5) is 33.6. The van der Waals surface area contributed by atoms with Gasteiger partial charge >= 0.3 is 19.9 Å². The summed E-state index contributed by atoms with van der Waals surface area (Å²) in [6, 6.07) is 0. The summed E-state index contributed by atoms with van der Waals surface area (Å²) in [7, 11) is -3.68. The van der Waals surface area contributed by atoms with E-state index in [0.717, 1.165) is 6.42 Å². The minimum absolute atomic E-state index is 0.0312. The van der Waals surface area contributed by atoms with Crippen LogP contribution in [-0.2, 0) is 4.57 Å². The fourth-order valence-electron chi connectivity index (χ4n) is 0.364. The average molecular weight is 262 g/mol. The quantitative estimate of drug-likeness (QED) is 0.411. The highest BCUT2D eigenvalue weighted by Gasteiger charge is 2.09. The minimum atomic E-state index is -3.68. The number of hydrogen-bond donors (Lipinski definition) is 6. The lowest BCUT2D eigenvalue weighted by Gasteiger charge is -1.98. The van der Waals surface area contributed by atoms with Gasteiger partial charge in [0.2, 0.25) is 0 Å². The first-order chi connectivity index (χ1) is 7.02. The van der Waals surface area contributed by atoms with Gasteiger partial charge in [-0.3, -0.25) is 4.57 Å². The van der Waals surface area contributed by atoms with Crippen molar-refractivity contribution in [2.75, 3.05) is 6.16 Å². The first kappa shape index (κ1) is 20.1. The van der Waals surface area contributed by atoms with Crippen LogP contribution in [0.3, 0.4) is 0 Å². The summed E-state index contributed by atoms with van der Waals surface area (Å²) in [6.07, 6.45) is -2.18. The van der Waals surface area contributed by atoms with E-state index in [-0.39, 0.29) is 6.16 Å². The molecule has 16 heavy (non-hydrogen) atoms. The van der Waals surface area contributed by atoms with Crippen molar-refractivity contribution in [2.45, 2.75) is 19.8 Å². The van der Waals surface area contributed by atoms with E-state index in [2.05, 4.69) is 0 Å². The van der Waals surface area contributed by atoms with E-state index >= 15 is 0 Å². The summed E-state index contributed by atoms with van der Waals surface area (Å²) in [5.41, 5.74) is 0. The lowest BCUT2D eigenvalue weighted by atomic mass is 10.4. The number of unbranched alkanes of at least 4 members (excludes halogenated alkanes) is 1. The number of hydrogen-bond acceptors (Lipinski definition) is 3. The van der Waals surface area contributed by atoms with E-state index in [1.807, 2.05) is 6.92 Å². The maximum Gasteiger partial charge on any atom is 0.503 e. The second-order valence-corrected chi connectivity index (χ2v) is 4.08. The van der Waals surface area contributed by atoms with Crippen LogP contribution in [0.2, 0.25) is 0 Å². The Kier molecular flexibility index (Phi) is 14.8. The topological polar surface area (TPSA) is 173 Å². The molecule has 0 aliphatic heterocycles. The molecule has 0 saturated carbocycles. The van der Waals surface area contributed by atoms with Crippen molar-refractivity contribution in [1.29, 1.82) is 0 Å². The SMILES string of the molecule is CCCCP(=O)(O)O.O=C(O)O.O=C(O)O. The second-order valence-electron chi connectivity index (χ2n) is 2.31.